The van der Waals surface area contributed by atoms with E-state index in [1.807, 2.05) is 65.2 Å². The van der Waals surface area contributed by atoms with E-state index in [4.69, 9.17) is 4.74 Å². The molecule has 0 unspecified atom stereocenters. The van der Waals surface area contributed by atoms with Gasteiger partial charge in [-0.25, -0.2) is 0 Å². The number of rotatable bonds is 9. The van der Waals surface area contributed by atoms with Crippen LogP contribution in [0.3, 0.4) is 0 Å². The maximum absolute atomic E-state index is 12.6. The van der Waals surface area contributed by atoms with E-state index in [9.17, 15) is 9.59 Å². The molecule has 0 aliphatic carbocycles. The molecule has 0 radical (unpaired) electrons. The highest BCUT2D eigenvalue weighted by Crippen LogP contribution is 2.28. The van der Waals surface area contributed by atoms with Gasteiger partial charge in [0.2, 0.25) is 11.8 Å². The van der Waals surface area contributed by atoms with Crippen molar-refractivity contribution in [3.05, 3.63) is 84.9 Å². The Balaban J connectivity index is 1.44. The first kappa shape index (κ1) is 23.2. The van der Waals surface area contributed by atoms with Crippen molar-refractivity contribution in [1.82, 2.24) is 14.8 Å². The van der Waals surface area contributed by atoms with Crippen molar-refractivity contribution in [2.45, 2.75) is 5.16 Å². The fourth-order valence-electron chi connectivity index (χ4n) is 3.24. The number of anilines is 2. The quantitative estimate of drug-likeness (QED) is 0.353. The summed E-state index contributed by atoms with van der Waals surface area (Å²) in [5.41, 5.74) is 3.11. The van der Waals surface area contributed by atoms with Crippen LogP contribution in [0.5, 0.6) is 0 Å². The van der Waals surface area contributed by atoms with Gasteiger partial charge in [0.1, 0.15) is 6.61 Å². The van der Waals surface area contributed by atoms with Crippen LogP contribution in [0.1, 0.15) is 0 Å². The van der Waals surface area contributed by atoms with Crippen LogP contribution >= 0.6 is 11.8 Å². The molecule has 0 bridgehead atoms. The Morgan fingerprint density at radius 1 is 0.824 bits per heavy atom. The van der Waals surface area contributed by atoms with Gasteiger partial charge in [-0.2, -0.15) is 0 Å². The molecule has 34 heavy (non-hydrogen) atoms. The smallest absolute Gasteiger partial charge is 0.250 e. The minimum absolute atomic E-state index is 0.0186. The minimum atomic E-state index is -0.243. The molecule has 0 aliphatic heterocycles. The van der Waals surface area contributed by atoms with Crippen molar-refractivity contribution in [2.75, 3.05) is 30.1 Å². The highest BCUT2D eigenvalue weighted by atomic mass is 32.2. The van der Waals surface area contributed by atoms with E-state index in [0.717, 1.165) is 11.3 Å². The summed E-state index contributed by atoms with van der Waals surface area (Å²) in [4.78, 5) is 24.2. The fourth-order valence-corrected chi connectivity index (χ4v) is 3.99. The molecule has 1 heterocycles. The Bertz CT molecular complexity index is 1240. The van der Waals surface area contributed by atoms with Gasteiger partial charge in [-0.1, -0.05) is 60.3 Å². The van der Waals surface area contributed by atoms with Crippen molar-refractivity contribution >= 4 is 35.0 Å². The molecule has 4 rings (SSSR count). The predicted octanol–water partition coefficient (Wildman–Crippen LogP) is 4.25. The highest BCUT2D eigenvalue weighted by molar-refractivity contribution is 7.99. The lowest BCUT2D eigenvalue weighted by molar-refractivity contribution is -0.119. The topological polar surface area (TPSA) is 98.1 Å². The predicted molar refractivity (Wildman–Crippen MR) is 133 cm³/mol. The molecule has 3 aromatic carbocycles. The Labute approximate surface area is 201 Å². The van der Waals surface area contributed by atoms with Crippen molar-refractivity contribution in [3.8, 4) is 17.1 Å². The summed E-state index contributed by atoms with van der Waals surface area (Å²) in [5.74, 6) is 0.450. The van der Waals surface area contributed by atoms with Gasteiger partial charge in [0.15, 0.2) is 11.0 Å². The number of benzene rings is 3. The van der Waals surface area contributed by atoms with E-state index in [-0.39, 0.29) is 24.2 Å². The van der Waals surface area contributed by atoms with Crippen LogP contribution in [-0.2, 0) is 14.3 Å². The van der Waals surface area contributed by atoms with Crippen molar-refractivity contribution < 1.29 is 14.3 Å². The molecule has 0 saturated carbocycles. The first-order valence-electron chi connectivity index (χ1n) is 10.5. The number of amides is 2. The van der Waals surface area contributed by atoms with Gasteiger partial charge in [-0.3, -0.25) is 14.2 Å². The maximum atomic E-state index is 12.6. The van der Waals surface area contributed by atoms with Gasteiger partial charge >= 0.3 is 0 Å². The molecular weight excluding hydrogens is 450 g/mol. The van der Waals surface area contributed by atoms with Crippen LogP contribution in [0.25, 0.3) is 17.1 Å². The van der Waals surface area contributed by atoms with E-state index in [2.05, 4.69) is 20.8 Å². The van der Waals surface area contributed by atoms with Gasteiger partial charge < -0.3 is 15.4 Å². The molecule has 0 atom stereocenters. The van der Waals surface area contributed by atoms with Gasteiger partial charge in [-0.15, -0.1) is 10.2 Å². The zero-order valence-corrected chi connectivity index (χ0v) is 19.3. The summed E-state index contributed by atoms with van der Waals surface area (Å²) in [7, 11) is 1.46. The van der Waals surface area contributed by atoms with Crippen LogP contribution in [0.4, 0.5) is 11.4 Å². The summed E-state index contributed by atoms with van der Waals surface area (Å²) >= 11 is 1.31. The van der Waals surface area contributed by atoms with E-state index >= 15 is 0 Å². The van der Waals surface area contributed by atoms with Crippen LogP contribution in [0, 0.1) is 0 Å². The highest BCUT2D eigenvalue weighted by Gasteiger charge is 2.17. The molecule has 0 fully saturated rings. The standard InChI is InChI=1S/C25H23N5O3S/c1-33-16-22(31)26-19-12-14-20(15-13-19)27-23(32)17-34-25-29-28-24(18-8-4-2-5-9-18)30(25)21-10-6-3-7-11-21/h2-15H,16-17H2,1H3,(H,26,31)(H,27,32). The molecule has 8 nitrogen and oxygen atoms in total. The molecule has 2 amide bonds. The molecule has 9 heteroatoms. The molecule has 1 aromatic heterocycles. The van der Waals surface area contributed by atoms with Crippen LogP contribution < -0.4 is 10.6 Å². The number of thioether (sulfide) groups is 1. The summed E-state index contributed by atoms with van der Waals surface area (Å²) in [6.45, 7) is -0.0186. The maximum Gasteiger partial charge on any atom is 0.250 e. The fraction of sp³-hybridized carbons (Fsp3) is 0.120. The average molecular weight is 474 g/mol. The lowest BCUT2D eigenvalue weighted by atomic mass is 10.2. The third kappa shape index (κ3) is 5.89. The molecule has 2 N–H and O–H groups in total. The second-order valence-corrected chi connectivity index (χ2v) is 8.18. The number of methoxy groups -OCH3 is 1. The zero-order valence-electron chi connectivity index (χ0n) is 18.5. The molecule has 4 aromatic rings. The van der Waals surface area contributed by atoms with E-state index < -0.39 is 0 Å². The number of hydrogen-bond acceptors (Lipinski definition) is 6. The van der Waals surface area contributed by atoms with Crippen LogP contribution in [0.2, 0.25) is 0 Å². The Hall–Kier alpha value is -3.95. The van der Waals surface area contributed by atoms with E-state index in [0.29, 0.717) is 22.4 Å². The number of hydrogen-bond donors (Lipinski definition) is 2. The summed E-state index contributed by atoms with van der Waals surface area (Å²) in [6, 6.07) is 26.5. The molecule has 0 aliphatic rings. The van der Waals surface area contributed by atoms with Crippen molar-refractivity contribution in [3.63, 3.8) is 0 Å². The molecule has 0 spiro atoms. The normalized spacial score (nSPS) is 10.6. The Kier molecular flexibility index (Phi) is 7.69. The SMILES string of the molecule is COCC(=O)Nc1ccc(NC(=O)CSc2nnc(-c3ccccc3)n2-c2ccccc2)cc1. The van der Waals surface area contributed by atoms with Crippen LogP contribution in [-0.4, -0.2) is 46.0 Å². The first-order chi connectivity index (χ1) is 16.6. The summed E-state index contributed by atoms with van der Waals surface area (Å²) in [5, 5.41) is 14.9. The first-order valence-corrected chi connectivity index (χ1v) is 11.5. The number of nitrogens with one attached hydrogen (secondary N) is 2. The largest absolute Gasteiger partial charge is 0.375 e. The number of carbonyl (C=O) groups is 2. The van der Waals surface area contributed by atoms with Gasteiger partial charge in [0.25, 0.3) is 0 Å². The Morgan fingerprint density at radius 2 is 1.41 bits per heavy atom. The molecule has 172 valence electrons. The summed E-state index contributed by atoms with van der Waals surface area (Å²) < 4.78 is 6.75. The third-order valence-electron chi connectivity index (χ3n) is 4.74. The summed E-state index contributed by atoms with van der Waals surface area (Å²) in [6.07, 6.45) is 0. The van der Waals surface area contributed by atoms with Crippen LogP contribution in [0.15, 0.2) is 90.1 Å². The molecule has 0 saturated heterocycles. The lowest BCUT2D eigenvalue weighted by Crippen LogP contribution is -2.17. The average Bonchev–Trinajstić information content (AvgIpc) is 3.29. The minimum Gasteiger partial charge on any atom is -0.375 e. The van der Waals surface area contributed by atoms with Gasteiger partial charge in [-0.05, 0) is 36.4 Å². The van der Waals surface area contributed by atoms with Crippen molar-refractivity contribution in [2.24, 2.45) is 0 Å². The van der Waals surface area contributed by atoms with E-state index in [1.54, 1.807) is 24.3 Å². The number of aromatic nitrogens is 3. The van der Waals surface area contributed by atoms with Gasteiger partial charge in [0, 0.05) is 29.7 Å². The van der Waals surface area contributed by atoms with Crippen molar-refractivity contribution in [1.29, 1.82) is 0 Å². The monoisotopic (exact) mass is 473 g/mol. The number of ether oxygens (including phenoxy) is 1. The number of para-hydroxylation sites is 1. The van der Waals surface area contributed by atoms with E-state index in [1.165, 1.54) is 18.9 Å². The Morgan fingerprint density at radius 3 is 2.03 bits per heavy atom. The molecular formula is C25H23N5O3S. The zero-order chi connectivity index (χ0) is 23.8. The third-order valence-corrected chi connectivity index (χ3v) is 5.67. The second kappa shape index (κ2) is 11.3. The lowest BCUT2D eigenvalue weighted by Gasteiger charge is -2.10. The number of nitrogens with zero attached hydrogens (tertiary/aromatic N) is 3. The number of carbonyl (C=O) groups excluding carboxylic acids is 2. The second-order valence-electron chi connectivity index (χ2n) is 7.24. The van der Waals surface area contributed by atoms with Gasteiger partial charge in [0.05, 0.1) is 5.75 Å².